The summed E-state index contributed by atoms with van der Waals surface area (Å²) in [6, 6.07) is 109. The van der Waals surface area contributed by atoms with Crippen LogP contribution in [0.25, 0.3) is 183 Å². The fraction of sp³-hybridized carbons (Fsp3) is 0. The molecule has 2 heteroatoms. The molecule has 0 amide bonds. The van der Waals surface area contributed by atoms with Crippen LogP contribution in [0.3, 0.4) is 0 Å². The summed E-state index contributed by atoms with van der Waals surface area (Å²) < 4.78 is 5.23. The maximum absolute atomic E-state index is 2.47. The van der Waals surface area contributed by atoms with Crippen molar-refractivity contribution in [1.29, 1.82) is 0 Å². The minimum absolute atomic E-state index is 1.24. The molecule has 0 aliphatic rings. The van der Waals surface area contributed by atoms with E-state index in [1.807, 2.05) is 22.7 Å². The smallest absolute Gasteiger partial charge is 0.0361 e. The second-order valence-corrected chi connectivity index (χ2v) is 24.6. The summed E-state index contributed by atoms with van der Waals surface area (Å²) >= 11 is 3.82. The Morgan fingerprint density at radius 3 is 0.833 bits per heavy atom. The van der Waals surface area contributed by atoms with Gasteiger partial charge in [0.2, 0.25) is 0 Å². The lowest BCUT2D eigenvalue weighted by molar-refractivity contribution is 1.63. The molecule has 0 radical (unpaired) electrons. The van der Waals surface area contributed by atoms with Crippen molar-refractivity contribution in [3.63, 3.8) is 0 Å². The number of hydrogen-bond donors (Lipinski definition) is 0. The Labute approximate surface area is 493 Å². The van der Waals surface area contributed by atoms with Gasteiger partial charge in [-0.1, -0.05) is 267 Å². The van der Waals surface area contributed by atoms with Crippen LogP contribution in [-0.4, -0.2) is 0 Å². The summed E-state index contributed by atoms with van der Waals surface area (Å²) in [7, 11) is 0. The molecule has 0 N–H and O–H groups in total. The molecule has 18 aromatic rings. The molecule has 2 aromatic heterocycles. The van der Waals surface area contributed by atoms with Crippen LogP contribution in [0.4, 0.5) is 0 Å². The molecule has 0 spiro atoms. The van der Waals surface area contributed by atoms with Gasteiger partial charge in [0.05, 0.1) is 0 Å². The largest absolute Gasteiger partial charge is 0.135 e. The Bertz CT molecular complexity index is 5330. The third kappa shape index (κ3) is 7.05. The van der Waals surface area contributed by atoms with Crippen molar-refractivity contribution in [2.24, 2.45) is 0 Å². The molecule has 0 aliphatic carbocycles. The van der Waals surface area contributed by atoms with Crippen molar-refractivity contribution in [2.75, 3.05) is 0 Å². The summed E-state index contributed by atoms with van der Waals surface area (Å²) in [5.41, 5.74) is 15.1. The van der Waals surface area contributed by atoms with E-state index in [9.17, 15) is 0 Å². The highest BCUT2D eigenvalue weighted by atomic mass is 32.1. The number of rotatable bonds is 6. The third-order valence-electron chi connectivity index (χ3n) is 18.1. The predicted molar refractivity (Wildman–Crippen MR) is 367 cm³/mol. The fourth-order valence-corrected chi connectivity index (χ4v) is 16.8. The first-order chi connectivity index (χ1) is 41.7. The van der Waals surface area contributed by atoms with E-state index >= 15 is 0 Å². The molecule has 0 atom stereocenters. The van der Waals surface area contributed by atoms with Gasteiger partial charge in [-0.25, -0.2) is 0 Å². The maximum atomic E-state index is 2.47. The Morgan fingerprint density at radius 2 is 0.452 bits per heavy atom. The standard InChI is InChI=1S/C82H48S2/c1-3-23-53-49(19-1)21-17-37-55(53)57-25-5-7-27-59(57)79-65-33-13-9-29-61(65)77(62-30-10-14-34-66(62)79)51-39-41-71-75(47-51)83-73-45-43-70-69(81(71)73)44-46-74-82(70)72-42-40-52(48-76(72)84-74)78-63-31-11-15-35-67(63)80(68-36-16-12-32-64(68)78)60-28-8-6-26-58(60)56-38-18-22-50-20-2-4-24-54(50)56/h1-48H. The Balaban J connectivity index is 0.773. The first-order valence-corrected chi connectivity index (χ1v) is 30.6. The van der Waals surface area contributed by atoms with Gasteiger partial charge in [0.25, 0.3) is 0 Å². The zero-order valence-electron chi connectivity index (χ0n) is 45.5. The van der Waals surface area contributed by atoms with E-state index in [0.717, 1.165) is 0 Å². The molecule has 0 aliphatic heterocycles. The maximum Gasteiger partial charge on any atom is 0.0361 e. The molecule has 2 heterocycles. The van der Waals surface area contributed by atoms with Gasteiger partial charge in [-0.2, -0.15) is 0 Å². The highest BCUT2D eigenvalue weighted by molar-refractivity contribution is 7.26. The van der Waals surface area contributed by atoms with Crippen LogP contribution in [0.15, 0.2) is 291 Å². The van der Waals surface area contributed by atoms with Crippen LogP contribution < -0.4 is 0 Å². The van der Waals surface area contributed by atoms with Crippen LogP contribution in [0.1, 0.15) is 0 Å². The van der Waals surface area contributed by atoms with Gasteiger partial charge in [0.1, 0.15) is 0 Å². The summed E-state index contributed by atoms with van der Waals surface area (Å²) in [5.74, 6) is 0. The van der Waals surface area contributed by atoms with Gasteiger partial charge in [-0.3, -0.25) is 0 Å². The van der Waals surface area contributed by atoms with Crippen molar-refractivity contribution in [1.82, 2.24) is 0 Å². The monoisotopic (exact) mass is 1100 g/mol. The summed E-state index contributed by atoms with van der Waals surface area (Å²) in [5, 5.41) is 23.0. The molecular formula is C82H48S2. The highest BCUT2D eigenvalue weighted by Gasteiger charge is 2.24. The van der Waals surface area contributed by atoms with E-state index in [-0.39, 0.29) is 0 Å². The van der Waals surface area contributed by atoms with E-state index in [1.54, 1.807) is 0 Å². The van der Waals surface area contributed by atoms with Gasteiger partial charge >= 0.3 is 0 Å². The van der Waals surface area contributed by atoms with Crippen molar-refractivity contribution in [3.05, 3.63) is 291 Å². The lowest BCUT2D eigenvalue weighted by atomic mass is 9.83. The average Bonchev–Trinajstić information content (AvgIpc) is 2.43. The quantitative estimate of drug-likeness (QED) is 0.146. The minimum Gasteiger partial charge on any atom is -0.135 e. The van der Waals surface area contributed by atoms with Crippen LogP contribution in [0.2, 0.25) is 0 Å². The van der Waals surface area contributed by atoms with Gasteiger partial charge in [-0.05, 0) is 166 Å². The highest BCUT2D eigenvalue weighted by Crippen LogP contribution is 2.52. The SMILES string of the molecule is c1ccc(-c2c3ccccc3c(-c3ccc4c(c3)sc3ccc5c(ccc6sc7cc(-c8c9ccccc9c(-c9ccccc9-c9cccc%10ccccc9%10)c9ccccc89)ccc7c65)c34)c3ccccc23)c(-c2cccc3ccccc23)c1. The molecule has 0 nitrogen and oxygen atoms in total. The van der Waals surface area contributed by atoms with E-state index < -0.39 is 0 Å². The normalized spacial score (nSPS) is 12.0. The first-order valence-electron chi connectivity index (χ1n) is 29.0. The first kappa shape index (κ1) is 47.4. The Hall–Kier alpha value is -10.2. The molecule has 16 aromatic carbocycles. The number of fused-ring (bicyclic) bond motifs is 15. The van der Waals surface area contributed by atoms with Crippen molar-refractivity contribution < 1.29 is 0 Å². The summed E-state index contributed by atoms with van der Waals surface area (Å²) in [6.45, 7) is 0. The topological polar surface area (TPSA) is 0 Å². The molecule has 0 saturated heterocycles. The second kappa shape index (κ2) is 18.7. The van der Waals surface area contributed by atoms with Gasteiger partial charge < -0.3 is 0 Å². The molecular weight excluding hydrogens is 1050 g/mol. The van der Waals surface area contributed by atoms with E-state index in [4.69, 9.17) is 0 Å². The number of benzene rings is 16. The number of thiophene rings is 2. The third-order valence-corrected chi connectivity index (χ3v) is 20.3. The van der Waals surface area contributed by atoms with E-state index in [2.05, 4.69) is 291 Å². The lowest BCUT2D eigenvalue weighted by Crippen LogP contribution is -1.93. The van der Waals surface area contributed by atoms with Gasteiger partial charge in [0.15, 0.2) is 0 Å². The average molecular weight is 1100 g/mol. The van der Waals surface area contributed by atoms with Crippen molar-refractivity contribution >= 4 is 138 Å². The molecule has 388 valence electrons. The fourth-order valence-electron chi connectivity index (χ4n) is 14.5. The second-order valence-electron chi connectivity index (χ2n) is 22.4. The molecule has 18 rings (SSSR count). The molecule has 0 saturated carbocycles. The zero-order chi connectivity index (χ0) is 55.0. The molecule has 0 bridgehead atoms. The molecule has 84 heavy (non-hydrogen) atoms. The minimum atomic E-state index is 1.24. The van der Waals surface area contributed by atoms with E-state index in [1.165, 1.54) is 183 Å². The number of hydrogen-bond acceptors (Lipinski definition) is 2. The zero-order valence-corrected chi connectivity index (χ0v) is 47.2. The van der Waals surface area contributed by atoms with Gasteiger partial charge in [0, 0.05) is 40.3 Å². The van der Waals surface area contributed by atoms with E-state index in [0.29, 0.717) is 0 Å². The summed E-state index contributed by atoms with van der Waals surface area (Å²) in [6.07, 6.45) is 0. The lowest BCUT2D eigenvalue weighted by Gasteiger charge is -2.20. The van der Waals surface area contributed by atoms with Crippen LogP contribution in [0.5, 0.6) is 0 Å². The van der Waals surface area contributed by atoms with Crippen molar-refractivity contribution in [3.8, 4) is 66.8 Å². The van der Waals surface area contributed by atoms with Crippen molar-refractivity contribution in [2.45, 2.75) is 0 Å². The Morgan fingerprint density at radius 1 is 0.167 bits per heavy atom. The van der Waals surface area contributed by atoms with Gasteiger partial charge in [-0.15, -0.1) is 22.7 Å². The van der Waals surface area contributed by atoms with Crippen LogP contribution in [-0.2, 0) is 0 Å². The predicted octanol–water partition coefficient (Wildman–Crippen LogP) is 24.5. The summed E-state index contributed by atoms with van der Waals surface area (Å²) in [4.78, 5) is 0. The Kier molecular flexibility index (Phi) is 10.5. The van der Waals surface area contributed by atoms with Crippen LogP contribution >= 0.6 is 22.7 Å². The molecule has 0 fully saturated rings. The van der Waals surface area contributed by atoms with Crippen LogP contribution in [0, 0.1) is 0 Å². The molecule has 0 unspecified atom stereocenters.